The van der Waals surface area contributed by atoms with Gasteiger partial charge < -0.3 is 4.98 Å². The summed E-state index contributed by atoms with van der Waals surface area (Å²) in [6, 6.07) is 6.88. The highest BCUT2D eigenvalue weighted by Gasteiger charge is 2.43. The van der Waals surface area contributed by atoms with E-state index in [0.717, 1.165) is 10.9 Å². The fourth-order valence-electron chi connectivity index (χ4n) is 3.29. The van der Waals surface area contributed by atoms with Crippen LogP contribution in [-0.4, -0.2) is 41.0 Å². The van der Waals surface area contributed by atoms with E-state index in [4.69, 9.17) is 0 Å². The van der Waals surface area contributed by atoms with E-state index in [1.807, 2.05) is 24.3 Å². The Hall–Kier alpha value is -1.82. The lowest BCUT2D eigenvalue weighted by Gasteiger charge is -2.36. The standard InChI is InChI=1S/C17H19F3N2O/c1-11(22-8-4-5-12(10-22)17(18,19)20)16(23)14-9-21-15-7-3-2-6-13(14)15/h2-3,6-7,9,11-12,21H,4-5,8,10H2,1H3/t11-,12-/m0/s1. The highest BCUT2D eigenvalue weighted by atomic mass is 19.4. The van der Waals surface area contributed by atoms with E-state index >= 15 is 0 Å². The minimum Gasteiger partial charge on any atom is -0.360 e. The molecule has 1 aromatic heterocycles. The summed E-state index contributed by atoms with van der Waals surface area (Å²) in [5.41, 5.74) is 1.40. The van der Waals surface area contributed by atoms with E-state index in [-0.39, 0.29) is 18.7 Å². The first kappa shape index (κ1) is 16.1. The summed E-state index contributed by atoms with van der Waals surface area (Å²) in [5.74, 6) is -1.47. The number of H-pyrrole nitrogens is 1. The Morgan fingerprint density at radius 1 is 1.35 bits per heavy atom. The number of piperidine rings is 1. The SMILES string of the molecule is C[C@@H](C(=O)c1c[nH]c2ccccc12)N1CCC[C@H](C(F)(F)F)C1. The number of nitrogens with one attached hydrogen (secondary N) is 1. The number of aromatic amines is 1. The summed E-state index contributed by atoms with van der Waals surface area (Å²) in [5, 5.41) is 0.814. The van der Waals surface area contributed by atoms with Crippen LogP contribution in [0.5, 0.6) is 0 Å². The van der Waals surface area contributed by atoms with Crippen LogP contribution in [0, 0.1) is 5.92 Å². The zero-order chi connectivity index (χ0) is 16.6. The predicted octanol–water partition coefficient (Wildman–Crippen LogP) is 4.01. The second-order valence-corrected chi connectivity index (χ2v) is 6.16. The molecular weight excluding hydrogens is 305 g/mol. The quantitative estimate of drug-likeness (QED) is 0.866. The molecule has 1 aromatic carbocycles. The van der Waals surface area contributed by atoms with E-state index in [1.54, 1.807) is 18.0 Å². The topological polar surface area (TPSA) is 36.1 Å². The largest absolute Gasteiger partial charge is 0.393 e. The Morgan fingerprint density at radius 3 is 2.83 bits per heavy atom. The van der Waals surface area contributed by atoms with Gasteiger partial charge in [-0.25, -0.2) is 0 Å². The molecule has 0 bridgehead atoms. The summed E-state index contributed by atoms with van der Waals surface area (Å²) in [7, 11) is 0. The maximum atomic E-state index is 12.9. The van der Waals surface area contributed by atoms with Crippen molar-refractivity contribution in [2.75, 3.05) is 13.1 Å². The van der Waals surface area contributed by atoms with Crippen molar-refractivity contribution in [2.24, 2.45) is 5.92 Å². The van der Waals surface area contributed by atoms with Gasteiger partial charge in [-0.3, -0.25) is 9.69 Å². The number of para-hydroxylation sites is 1. The molecule has 2 aromatic rings. The lowest BCUT2D eigenvalue weighted by Crippen LogP contribution is -2.48. The van der Waals surface area contributed by atoms with Gasteiger partial charge in [-0.05, 0) is 32.4 Å². The molecule has 3 rings (SSSR count). The Bertz CT molecular complexity index is 707. The first-order valence-corrected chi connectivity index (χ1v) is 7.79. The van der Waals surface area contributed by atoms with Gasteiger partial charge in [0, 0.05) is 29.2 Å². The molecule has 6 heteroatoms. The highest BCUT2D eigenvalue weighted by Crippen LogP contribution is 2.34. The normalized spacial score (nSPS) is 21.5. The molecule has 0 aliphatic carbocycles. The molecule has 2 atom stereocenters. The molecule has 0 radical (unpaired) electrons. The fourth-order valence-corrected chi connectivity index (χ4v) is 3.29. The molecule has 1 fully saturated rings. The number of hydrogen-bond acceptors (Lipinski definition) is 2. The van der Waals surface area contributed by atoms with Crippen molar-refractivity contribution in [3.8, 4) is 0 Å². The zero-order valence-corrected chi connectivity index (χ0v) is 12.9. The van der Waals surface area contributed by atoms with Crippen LogP contribution in [0.15, 0.2) is 30.5 Å². The number of Topliss-reactive ketones (excluding diaryl/α,β-unsaturated/α-hetero) is 1. The summed E-state index contributed by atoms with van der Waals surface area (Å²) in [6.45, 7) is 2.13. The zero-order valence-electron chi connectivity index (χ0n) is 12.9. The van der Waals surface area contributed by atoms with Gasteiger partial charge in [0.1, 0.15) is 0 Å². The summed E-state index contributed by atoms with van der Waals surface area (Å²) in [4.78, 5) is 17.4. The number of likely N-dealkylation sites (tertiary alicyclic amines) is 1. The minimum absolute atomic E-state index is 0.0985. The molecule has 124 valence electrons. The van der Waals surface area contributed by atoms with Gasteiger partial charge in [-0.2, -0.15) is 13.2 Å². The molecule has 23 heavy (non-hydrogen) atoms. The number of fused-ring (bicyclic) bond motifs is 1. The number of carbonyl (C=O) groups excluding carboxylic acids is 1. The maximum Gasteiger partial charge on any atom is 0.393 e. The van der Waals surface area contributed by atoms with E-state index in [1.165, 1.54) is 0 Å². The van der Waals surface area contributed by atoms with Crippen molar-refractivity contribution in [3.05, 3.63) is 36.0 Å². The predicted molar refractivity (Wildman–Crippen MR) is 82.4 cm³/mol. The molecule has 1 aliphatic heterocycles. The highest BCUT2D eigenvalue weighted by molar-refractivity contribution is 6.10. The van der Waals surface area contributed by atoms with Crippen molar-refractivity contribution in [1.29, 1.82) is 0 Å². The van der Waals surface area contributed by atoms with Crippen LogP contribution in [-0.2, 0) is 0 Å². The summed E-state index contributed by atoms with van der Waals surface area (Å²) >= 11 is 0. The number of ketones is 1. The Labute approximate surface area is 132 Å². The molecule has 1 N–H and O–H groups in total. The lowest BCUT2D eigenvalue weighted by molar-refractivity contribution is -0.187. The Morgan fingerprint density at radius 2 is 2.09 bits per heavy atom. The van der Waals surface area contributed by atoms with Crippen LogP contribution < -0.4 is 0 Å². The molecule has 0 unspecified atom stereocenters. The average Bonchev–Trinajstić information content (AvgIpc) is 2.97. The van der Waals surface area contributed by atoms with E-state index in [9.17, 15) is 18.0 Å². The third-order valence-corrected chi connectivity index (χ3v) is 4.70. The number of rotatable bonds is 3. The van der Waals surface area contributed by atoms with Crippen molar-refractivity contribution in [2.45, 2.75) is 32.0 Å². The van der Waals surface area contributed by atoms with E-state index in [0.29, 0.717) is 18.5 Å². The summed E-state index contributed by atoms with van der Waals surface area (Å²) in [6.07, 6.45) is -1.93. The molecule has 1 aliphatic rings. The van der Waals surface area contributed by atoms with Gasteiger partial charge in [0.15, 0.2) is 5.78 Å². The summed E-state index contributed by atoms with van der Waals surface area (Å²) < 4.78 is 38.8. The van der Waals surface area contributed by atoms with Gasteiger partial charge in [0.05, 0.1) is 12.0 Å². The Balaban J connectivity index is 1.79. The van der Waals surface area contributed by atoms with Crippen LogP contribution >= 0.6 is 0 Å². The second-order valence-electron chi connectivity index (χ2n) is 6.16. The van der Waals surface area contributed by atoms with Crippen LogP contribution in [0.1, 0.15) is 30.1 Å². The number of nitrogens with zero attached hydrogens (tertiary/aromatic N) is 1. The molecule has 1 saturated heterocycles. The minimum atomic E-state index is -4.19. The molecular formula is C17H19F3N2O. The van der Waals surface area contributed by atoms with Crippen LogP contribution in [0.25, 0.3) is 10.9 Å². The number of carbonyl (C=O) groups is 1. The average molecular weight is 324 g/mol. The Kier molecular flexibility index (Phi) is 4.19. The second kappa shape index (κ2) is 6.00. The third kappa shape index (κ3) is 3.13. The van der Waals surface area contributed by atoms with Crippen molar-refractivity contribution in [1.82, 2.24) is 9.88 Å². The van der Waals surface area contributed by atoms with Gasteiger partial charge in [0.25, 0.3) is 0 Å². The maximum absolute atomic E-state index is 12.9. The van der Waals surface area contributed by atoms with Crippen molar-refractivity contribution in [3.63, 3.8) is 0 Å². The van der Waals surface area contributed by atoms with Gasteiger partial charge in [-0.15, -0.1) is 0 Å². The molecule has 0 saturated carbocycles. The molecule has 0 spiro atoms. The number of alkyl halides is 3. The first-order chi connectivity index (χ1) is 10.9. The first-order valence-electron chi connectivity index (χ1n) is 7.79. The lowest BCUT2D eigenvalue weighted by atomic mass is 9.94. The van der Waals surface area contributed by atoms with Gasteiger partial charge in [0.2, 0.25) is 0 Å². The molecule has 3 nitrogen and oxygen atoms in total. The van der Waals surface area contributed by atoms with Crippen molar-refractivity contribution >= 4 is 16.7 Å². The number of halogens is 3. The number of hydrogen-bond donors (Lipinski definition) is 1. The van der Waals surface area contributed by atoms with Crippen LogP contribution in [0.4, 0.5) is 13.2 Å². The number of aromatic nitrogens is 1. The molecule has 0 amide bonds. The monoisotopic (exact) mass is 324 g/mol. The fraction of sp³-hybridized carbons (Fsp3) is 0.471. The van der Waals surface area contributed by atoms with Crippen LogP contribution in [0.2, 0.25) is 0 Å². The van der Waals surface area contributed by atoms with Crippen LogP contribution in [0.3, 0.4) is 0 Å². The smallest absolute Gasteiger partial charge is 0.360 e. The van der Waals surface area contributed by atoms with E-state index < -0.39 is 18.1 Å². The van der Waals surface area contributed by atoms with E-state index in [2.05, 4.69) is 4.98 Å². The van der Waals surface area contributed by atoms with Crippen molar-refractivity contribution < 1.29 is 18.0 Å². The molecule has 2 heterocycles. The third-order valence-electron chi connectivity index (χ3n) is 4.70. The van der Waals surface area contributed by atoms with Gasteiger partial charge >= 0.3 is 6.18 Å². The van der Waals surface area contributed by atoms with Gasteiger partial charge in [-0.1, -0.05) is 18.2 Å². The number of benzene rings is 1.